The second-order valence-electron chi connectivity index (χ2n) is 5.38. The SMILES string of the molecule is CCNC(c1ccc(OC)cc1)C(C)N(C)CCCOC. The van der Waals surface area contributed by atoms with Gasteiger partial charge >= 0.3 is 0 Å². The number of likely N-dealkylation sites (N-methyl/N-ethyl adjacent to an activating group) is 2. The van der Waals surface area contributed by atoms with E-state index in [1.165, 1.54) is 5.56 Å². The van der Waals surface area contributed by atoms with Crippen molar-refractivity contribution in [1.82, 2.24) is 10.2 Å². The van der Waals surface area contributed by atoms with Crippen molar-refractivity contribution in [3.8, 4) is 5.75 Å². The number of rotatable bonds is 10. The van der Waals surface area contributed by atoms with Crippen LogP contribution in [0.4, 0.5) is 0 Å². The van der Waals surface area contributed by atoms with E-state index in [1.54, 1.807) is 14.2 Å². The van der Waals surface area contributed by atoms with Gasteiger partial charge in [0.2, 0.25) is 0 Å². The van der Waals surface area contributed by atoms with Crippen LogP contribution in [0.15, 0.2) is 24.3 Å². The van der Waals surface area contributed by atoms with Crippen molar-refractivity contribution in [3.63, 3.8) is 0 Å². The van der Waals surface area contributed by atoms with E-state index in [9.17, 15) is 0 Å². The zero-order valence-electron chi connectivity index (χ0n) is 14.1. The Kier molecular flexibility index (Phi) is 8.35. The third kappa shape index (κ3) is 5.65. The molecule has 0 fully saturated rings. The van der Waals surface area contributed by atoms with Gasteiger partial charge in [-0.15, -0.1) is 0 Å². The highest BCUT2D eigenvalue weighted by Gasteiger charge is 2.21. The molecule has 4 heteroatoms. The molecule has 2 atom stereocenters. The van der Waals surface area contributed by atoms with Crippen LogP contribution in [0.3, 0.4) is 0 Å². The molecule has 0 aliphatic carbocycles. The predicted molar refractivity (Wildman–Crippen MR) is 88.0 cm³/mol. The summed E-state index contributed by atoms with van der Waals surface area (Å²) in [5, 5.41) is 3.59. The first-order valence-electron chi connectivity index (χ1n) is 7.70. The quantitative estimate of drug-likeness (QED) is 0.673. The van der Waals surface area contributed by atoms with Gasteiger partial charge in [-0.25, -0.2) is 0 Å². The Bertz CT molecular complexity index is 381. The molecule has 120 valence electrons. The normalized spacial score (nSPS) is 14.2. The Morgan fingerprint density at radius 2 is 1.86 bits per heavy atom. The molecule has 2 unspecified atom stereocenters. The average molecular weight is 294 g/mol. The highest BCUT2D eigenvalue weighted by Crippen LogP contribution is 2.23. The van der Waals surface area contributed by atoms with Crippen LogP contribution in [0.1, 0.15) is 31.9 Å². The molecular weight excluding hydrogens is 264 g/mol. The number of hydrogen-bond donors (Lipinski definition) is 1. The minimum atomic E-state index is 0.313. The van der Waals surface area contributed by atoms with E-state index < -0.39 is 0 Å². The van der Waals surface area contributed by atoms with Gasteiger partial charge in [0.05, 0.1) is 7.11 Å². The second kappa shape index (κ2) is 9.77. The van der Waals surface area contributed by atoms with Gasteiger partial charge in [0, 0.05) is 32.3 Å². The Hall–Kier alpha value is -1.10. The van der Waals surface area contributed by atoms with Gasteiger partial charge in [-0.3, -0.25) is 0 Å². The maximum Gasteiger partial charge on any atom is 0.118 e. The largest absolute Gasteiger partial charge is 0.497 e. The van der Waals surface area contributed by atoms with Gasteiger partial charge in [0.15, 0.2) is 0 Å². The second-order valence-corrected chi connectivity index (χ2v) is 5.38. The van der Waals surface area contributed by atoms with E-state index in [1.807, 2.05) is 12.1 Å². The Morgan fingerprint density at radius 1 is 1.19 bits per heavy atom. The molecule has 0 bridgehead atoms. The third-order valence-electron chi connectivity index (χ3n) is 3.94. The van der Waals surface area contributed by atoms with Gasteiger partial charge in [-0.2, -0.15) is 0 Å². The fourth-order valence-corrected chi connectivity index (χ4v) is 2.51. The summed E-state index contributed by atoms with van der Waals surface area (Å²) in [5.41, 5.74) is 1.30. The molecule has 0 saturated carbocycles. The van der Waals surface area contributed by atoms with E-state index in [0.717, 1.165) is 31.9 Å². The Balaban J connectivity index is 2.73. The number of nitrogens with one attached hydrogen (secondary N) is 1. The molecule has 0 heterocycles. The number of hydrogen-bond acceptors (Lipinski definition) is 4. The van der Waals surface area contributed by atoms with Crippen LogP contribution >= 0.6 is 0 Å². The average Bonchev–Trinajstić information content (AvgIpc) is 2.52. The first kappa shape index (κ1) is 18.0. The summed E-state index contributed by atoms with van der Waals surface area (Å²) >= 11 is 0. The predicted octanol–water partition coefficient (Wildman–Crippen LogP) is 2.70. The van der Waals surface area contributed by atoms with E-state index in [4.69, 9.17) is 9.47 Å². The van der Waals surface area contributed by atoms with E-state index in [0.29, 0.717) is 12.1 Å². The standard InChI is InChI=1S/C17H30N2O2/c1-6-18-17(14(2)19(3)12-7-13-20-4)15-8-10-16(21-5)11-9-15/h8-11,14,17-18H,6-7,12-13H2,1-5H3. The number of methoxy groups -OCH3 is 2. The summed E-state index contributed by atoms with van der Waals surface area (Å²) in [6, 6.07) is 9.06. The first-order chi connectivity index (χ1) is 10.1. The van der Waals surface area contributed by atoms with Crippen molar-refractivity contribution < 1.29 is 9.47 Å². The highest BCUT2D eigenvalue weighted by molar-refractivity contribution is 5.29. The zero-order valence-corrected chi connectivity index (χ0v) is 14.1. The summed E-state index contributed by atoms with van der Waals surface area (Å²) in [6.45, 7) is 7.21. The fraction of sp³-hybridized carbons (Fsp3) is 0.647. The van der Waals surface area contributed by atoms with Crippen molar-refractivity contribution in [1.29, 1.82) is 0 Å². The molecule has 1 N–H and O–H groups in total. The molecule has 0 aliphatic rings. The smallest absolute Gasteiger partial charge is 0.118 e. The van der Waals surface area contributed by atoms with Crippen LogP contribution in [-0.4, -0.2) is 51.9 Å². The number of nitrogens with zero attached hydrogens (tertiary/aromatic N) is 1. The highest BCUT2D eigenvalue weighted by atomic mass is 16.5. The molecule has 0 aliphatic heterocycles. The molecule has 0 radical (unpaired) electrons. The Morgan fingerprint density at radius 3 is 2.38 bits per heavy atom. The lowest BCUT2D eigenvalue weighted by Crippen LogP contribution is -2.41. The van der Waals surface area contributed by atoms with Crippen molar-refractivity contribution in [2.45, 2.75) is 32.4 Å². The molecular formula is C17H30N2O2. The van der Waals surface area contributed by atoms with Crippen LogP contribution < -0.4 is 10.1 Å². The van der Waals surface area contributed by atoms with E-state index >= 15 is 0 Å². The van der Waals surface area contributed by atoms with Crippen LogP contribution in [0.5, 0.6) is 5.75 Å². The molecule has 0 amide bonds. The minimum absolute atomic E-state index is 0.313. The monoisotopic (exact) mass is 294 g/mol. The molecule has 1 rings (SSSR count). The molecule has 21 heavy (non-hydrogen) atoms. The molecule has 1 aromatic rings. The molecule has 1 aromatic carbocycles. The lowest BCUT2D eigenvalue weighted by atomic mass is 9.99. The fourth-order valence-electron chi connectivity index (χ4n) is 2.51. The summed E-state index contributed by atoms with van der Waals surface area (Å²) < 4.78 is 10.4. The minimum Gasteiger partial charge on any atom is -0.497 e. The van der Waals surface area contributed by atoms with Crippen LogP contribution in [0.2, 0.25) is 0 Å². The van der Waals surface area contributed by atoms with Crippen LogP contribution in [0.25, 0.3) is 0 Å². The maximum atomic E-state index is 5.24. The topological polar surface area (TPSA) is 33.7 Å². The summed E-state index contributed by atoms with van der Waals surface area (Å²) in [4.78, 5) is 2.39. The van der Waals surface area contributed by atoms with Crippen molar-refractivity contribution in [2.24, 2.45) is 0 Å². The van der Waals surface area contributed by atoms with Gasteiger partial charge in [-0.05, 0) is 44.6 Å². The summed E-state index contributed by atoms with van der Waals surface area (Å²) in [6.07, 6.45) is 1.05. The van der Waals surface area contributed by atoms with Gasteiger partial charge < -0.3 is 19.7 Å². The van der Waals surface area contributed by atoms with Crippen molar-refractivity contribution in [3.05, 3.63) is 29.8 Å². The van der Waals surface area contributed by atoms with Crippen LogP contribution in [-0.2, 0) is 4.74 Å². The third-order valence-corrected chi connectivity index (χ3v) is 3.94. The molecule has 0 saturated heterocycles. The summed E-state index contributed by atoms with van der Waals surface area (Å²) in [7, 11) is 5.62. The van der Waals surface area contributed by atoms with E-state index in [-0.39, 0.29) is 0 Å². The maximum absolute atomic E-state index is 5.24. The number of benzene rings is 1. The summed E-state index contributed by atoms with van der Waals surface area (Å²) in [5.74, 6) is 0.898. The van der Waals surface area contributed by atoms with Gasteiger partial charge in [0.25, 0.3) is 0 Å². The van der Waals surface area contributed by atoms with Gasteiger partial charge in [0.1, 0.15) is 5.75 Å². The zero-order chi connectivity index (χ0) is 15.7. The first-order valence-corrected chi connectivity index (χ1v) is 7.70. The lowest BCUT2D eigenvalue weighted by Gasteiger charge is -2.33. The molecule has 0 aromatic heterocycles. The number of ether oxygens (including phenoxy) is 2. The molecule has 4 nitrogen and oxygen atoms in total. The van der Waals surface area contributed by atoms with Crippen LogP contribution in [0, 0.1) is 0 Å². The van der Waals surface area contributed by atoms with E-state index in [2.05, 4.69) is 43.2 Å². The van der Waals surface area contributed by atoms with Crippen molar-refractivity contribution >= 4 is 0 Å². The molecule has 0 spiro atoms. The van der Waals surface area contributed by atoms with Gasteiger partial charge in [-0.1, -0.05) is 19.1 Å². The Labute approximate surface area is 129 Å². The lowest BCUT2D eigenvalue weighted by molar-refractivity contribution is 0.156. The van der Waals surface area contributed by atoms with Crippen molar-refractivity contribution in [2.75, 3.05) is 41.0 Å².